The van der Waals surface area contributed by atoms with Gasteiger partial charge >= 0.3 is 6.03 Å². The lowest BCUT2D eigenvalue weighted by Crippen LogP contribution is -2.39. The Morgan fingerprint density at radius 3 is 2.75 bits per heavy atom. The number of methoxy groups -OCH3 is 1. The van der Waals surface area contributed by atoms with Crippen LogP contribution in [0.1, 0.15) is 12.0 Å². The quantitative estimate of drug-likeness (QED) is 0.906. The number of carbonyl (C=O) groups excluding carboxylic acids is 1. The average Bonchev–Trinajstić information content (AvgIpc) is 3.10. The number of hydrogen-bond acceptors (Lipinski definition) is 5. The molecule has 1 aromatic carbocycles. The van der Waals surface area contributed by atoms with Gasteiger partial charge in [0.25, 0.3) is 11.8 Å². The summed E-state index contributed by atoms with van der Waals surface area (Å²) in [6, 6.07) is 9.74. The van der Waals surface area contributed by atoms with Gasteiger partial charge in [0.15, 0.2) is 0 Å². The normalized spacial score (nSPS) is 16.7. The van der Waals surface area contributed by atoms with Crippen LogP contribution >= 0.6 is 0 Å². The van der Waals surface area contributed by atoms with Gasteiger partial charge in [-0.2, -0.15) is 0 Å². The molecule has 2 heterocycles. The molecular weight excluding hydrogens is 308 g/mol. The van der Waals surface area contributed by atoms with Gasteiger partial charge in [0.2, 0.25) is 0 Å². The molecule has 0 radical (unpaired) electrons. The van der Waals surface area contributed by atoms with Crippen molar-refractivity contribution in [2.75, 3.05) is 20.2 Å². The minimum atomic E-state index is -0.113. The minimum Gasteiger partial charge on any atom is -0.477 e. The Hall–Kier alpha value is -2.83. The van der Waals surface area contributed by atoms with Crippen molar-refractivity contribution in [1.82, 2.24) is 20.2 Å². The van der Waals surface area contributed by atoms with Crippen LogP contribution in [0.5, 0.6) is 11.8 Å². The molecule has 0 saturated carbocycles. The van der Waals surface area contributed by atoms with Crippen LogP contribution in [0.2, 0.25) is 0 Å². The summed E-state index contributed by atoms with van der Waals surface area (Å²) in [5, 5.41) is 2.93. The lowest BCUT2D eigenvalue weighted by Gasteiger charge is -2.18. The number of rotatable bonds is 5. The van der Waals surface area contributed by atoms with Gasteiger partial charge in [-0.05, 0) is 5.56 Å². The Kier molecular flexibility index (Phi) is 5.10. The van der Waals surface area contributed by atoms with Crippen molar-refractivity contribution < 1.29 is 14.3 Å². The van der Waals surface area contributed by atoms with E-state index < -0.39 is 0 Å². The van der Waals surface area contributed by atoms with E-state index in [0.29, 0.717) is 31.4 Å². The van der Waals surface area contributed by atoms with E-state index in [1.54, 1.807) is 17.3 Å². The first kappa shape index (κ1) is 16.0. The minimum absolute atomic E-state index is 0.0870. The lowest BCUT2D eigenvalue weighted by molar-refractivity contribution is 0.177. The van der Waals surface area contributed by atoms with Crippen molar-refractivity contribution in [3.63, 3.8) is 0 Å². The highest BCUT2D eigenvalue weighted by molar-refractivity contribution is 5.74. The van der Waals surface area contributed by atoms with E-state index >= 15 is 0 Å². The van der Waals surface area contributed by atoms with Crippen molar-refractivity contribution >= 4 is 6.03 Å². The molecule has 2 aromatic rings. The van der Waals surface area contributed by atoms with Crippen molar-refractivity contribution in [2.24, 2.45) is 0 Å². The molecule has 1 aromatic heterocycles. The molecule has 24 heavy (non-hydrogen) atoms. The summed E-state index contributed by atoms with van der Waals surface area (Å²) in [5.41, 5.74) is 1.07. The van der Waals surface area contributed by atoms with Crippen LogP contribution in [0.3, 0.4) is 0 Å². The zero-order valence-corrected chi connectivity index (χ0v) is 13.5. The summed E-state index contributed by atoms with van der Waals surface area (Å²) >= 11 is 0. The summed E-state index contributed by atoms with van der Waals surface area (Å²) < 4.78 is 10.9. The van der Waals surface area contributed by atoms with Crippen molar-refractivity contribution in [3.8, 4) is 11.8 Å². The second-order valence-corrected chi connectivity index (χ2v) is 5.49. The fourth-order valence-electron chi connectivity index (χ4n) is 2.59. The molecule has 1 aliphatic rings. The van der Waals surface area contributed by atoms with E-state index in [1.165, 1.54) is 7.11 Å². The van der Waals surface area contributed by atoms with E-state index in [4.69, 9.17) is 9.47 Å². The van der Waals surface area contributed by atoms with Crippen LogP contribution in [0.25, 0.3) is 0 Å². The van der Waals surface area contributed by atoms with Gasteiger partial charge in [0, 0.05) is 31.9 Å². The summed E-state index contributed by atoms with van der Waals surface area (Å²) in [7, 11) is 1.52. The number of nitrogens with zero attached hydrogens (tertiary/aromatic N) is 3. The molecule has 7 heteroatoms. The Bertz CT molecular complexity index is 681. The molecular formula is C17H20N4O3. The summed E-state index contributed by atoms with van der Waals surface area (Å²) in [6.07, 6.45) is 3.73. The fourth-order valence-corrected chi connectivity index (χ4v) is 2.59. The van der Waals surface area contributed by atoms with Crippen LogP contribution in [0.4, 0.5) is 4.79 Å². The molecule has 1 saturated heterocycles. The second kappa shape index (κ2) is 7.63. The molecule has 1 N–H and O–H groups in total. The van der Waals surface area contributed by atoms with Gasteiger partial charge in [0.05, 0.1) is 13.7 Å². The van der Waals surface area contributed by atoms with Crippen molar-refractivity contribution in [2.45, 2.75) is 19.1 Å². The number of aromatic nitrogens is 2. The molecule has 2 amide bonds. The third-order valence-corrected chi connectivity index (χ3v) is 3.82. The SMILES string of the molecule is COc1nccnc1OC1CCN(C(=O)NCc2ccccc2)C1. The predicted octanol–water partition coefficient (Wildman–Crippen LogP) is 1.85. The van der Waals surface area contributed by atoms with E-state index in [9.17, 15) is 4.79 Å². The first-order valence-corrected chi connectivity index (χ1v) is 7.84. The maximum absolute atomic E-state index is 12.2. The summed E-state index contributed by atoms with van der Waals surface area (Å²) in [5.74, 6) is 0.709. The molecule has 0 aliphatic carbocycles. The van der Waals surface area contributed by atoms with Crippen molar-refractivity contribution in [3.05, 3.63) is 48.3 Å². The molecule has 1 fully saturated rings. The van der Waals surface area contributed by atoms with Gasteiger partial charge < -0.3 is 19.7 Å². The molecule has 1 atom stereocenters. The van der Waals surface area contributed by atoms with E-state index in [2.05, 4.69) is 15.3 Å². The molecule has 126 valence electrons. The summed E-state index contributed by atoms with van der Waals surface area (Å²) in [4.78, 5) is 22.2. The van der Waals surface area contributed by atoms with Crippen LogP contribution in [0, 0.1) is 0 Å². The van der Waals surface area contributed by atoms with Gasteiger partial charge in [-0.1, -0.05) is 30.3 Å². The average molecular weight is 328 g/mol. The maximum atomic E-state index is 12.2. The molecule has 0 bridgehead atoms. The highest BCUT2D eigenvalue weighted by Gasteiger charge is 2.28. The summed E-state index contributed by atoms with van der Waals surface area (Å²) in [6.45, 7) is 1.67. The van der Waals surface area contributed by atoms with E-state index in [1.807, 2.05) is 30.3 Å². The van der Waals surface area contributed by atoms with Gasteiger partial charge in [0.1, 0.15) is 6.10 Å². The number of urea groups is 1. The zero-order chi connectivity index (χ0) is 16.8. The van der Waals surface area contributed by atoms with Crippen molar-refractivity contribution in [1.29, 1.82) is 0 Å². The third-order valence-electron chi connectivity index (χ3n) is 3.82. The van der Waals surface area contributed by atoms with Gasteiger partial charge in [-0.15, -0.1) is 0 Å². The number of benzene rings is 1. The highest BCUT2D eigenvalue weighted by Crippen LogP contribution is 2.23. The van der Waals surface area contributed by atoms with Crippen LogP contribution in [-0.4, -0.2) is 47.2 Å². The highest BCUT2D eigenvalue weighted by atomic mass is 16.5. The molecule has 1 aliphatic heterocycles. The Labute approximate surface area is 140 Å². The van der Waals surface area contributed by atoms with E-state index in [-0.39, 0.29) is 12.1 Å². The number of hydrogen-bond donors (Lipinski definition) is 1. The largest absolute Gasteiger partial charge is 0.477 e. The maximum Gasteiger partial charge on any atom is 0.317 e. The Balaban J connectivity index is 1.50. The van der Waals surface area contributed by atoms with Gasteiger partial charge in [-0.25, -0.2) is 14.8 Å². The number of likely N-dealkylation sites (tertiary alicyclic amines) is 1. The first-order valence-electron chi connectivity index (χ1n) is 7.84. The lowest BCUT2D eigenvalue weighted by atomic mass is 10.2. The first-order chi connectivity index (χ1) is 11.8. The van der Waals surface area contributed by atoms with Crippen LogP contribution in [-0.2, 0) is 6.54 Å². The Morgan fingerprint density at radius 2 is 2.00 bits per heavy atom. The number of ether oxygens (including phenoxy) is 2. The standard InChI is InChI=1S/C17H20N4O3/c1-23-15-16(19-9-8-18-15)24-14-7-10-21(12-14)17(22)20-11-13-5-3-2-4-6-13/h2-6,8-9,14H,7,10-12H2,1H3,(H,20,22). The number of carbonyl (C=O) groups is 1. The van der Waals surface area contributed by atoms with E-state index in [0.717, 1.165) is 12.0 Å². The smallest absolute Gasteiger partial charge is 0.317 e. The topological polar surface area (TPSA) is 76.6 Å². The van der Waals surface area contributed by atoms with Crippen LogP contribution < -0.4 is 14.8 Å². The number of amides is 2. The molecule has 3 rings (SSSR count). The predicted molar refractivity (Wildman–Crippen MR) is 87.9 cm³/mol. The molecule has 0 spiro atoms. The zero-order valence-electron chi connectivity index (χ0n) is 13.5. The fraction of sp³-hybridized carbons (Fsp3) is 0.353. The Morgan fingerprint density at radius 1 is 1.25 bits per heavy atom. The third kappa shape index (κ3) is 3.92. The molecule has 1 unspecified atom stereocenters. The van der Waals surface area contributed by atoms with Gasteiger partial charge in [-0.3, -0.25) is 0 Å². The monoisotopic (exact) mass is 328 g/mol. The van der Waals surface area contributed by atoms with Crippen LogP contribution in [0.15, 0.2) is 42.7 Å². The second-order valence-electron chi connectivity index (χ2n) is 5.49. The number of nitrogens with one attached hydrogen (secondary N) is 1. The molecule has 7 nitrogen and oxygen atoms in total.